The predicted octanol–water partition coefficient (Wildman–Crippen LogP) is 2.62. The van der Waals surface area contributed by atoms with E-state index in [-0.39, 0.29) is 0 Å². The zero-order valence-electron chi connectivity index (χ0n) is 10.7. The van der Waals surface area contributed by atoms with Gasteiger partial charge in [-0.2, -0.15) is 0 Å². The Balaban J connectivity index is 2.52. The molecule has 0 aliphatic carbocycles. The molecule has 0 amide bonds. The minimum Gasteiger partial charge on any atom is -0.478 e. The van der Waals surface area contributed by atoms with Gasteiger partial charge in [0.15, 0.2) is 0 Å². The number of rotatable bonds is 5. The highest BCUT2D eigenvalue weighted by Gasteiger charge is 2.10. The number of hydrogen-bond donors (Lipinski definition) is 1. The lowest BCUT2D eigenvalue weighted by molar-refractivity contribution is 0.319. The highest BCUT2D eigenvalue weighted by atomic mass is 16.5. The molecule has 3 nitrogen and oxygen atoms in total. The van der Waals surface area contributed by atoms with Gasteiger partial charge < -0.3 is 10.1 Å². The number of pyridine rings is 1. The zero-order chi connectivity index (χ0) is 12.0. The summed E-state index contributed by atoms with van der Waals surface area (Å²) in [5.41, 5.74) is 1.42. The van der Waals surface area contributed by atoms with Gasteiger partial charge in [0.25, 0.3) is 0 Å². The summed E-state index contributed by atoms with van der Waals surface area (Å²) in [4.78, 5) is 4.22. The van der Waals surface area contributed by atoms with Gasteiger partial charge in [0.1, 0.15) is 0 Å². The molecule has 1 N–H and O–H groups in total. The molecule has 0 bridgehead atoms. The Morgan fingerprint density at radius 2 is 2.12 bits per heavy atom. The zero-order valence-corrected chi connectivity index (χ0v) is 10.7. The number of hydrogen-bond acceptors (Lipinski definition) is 3. The molecule has 16 heavy (non-hydrogen) atoms. The van der Waals surface area contributed by atoms with Crippen molar-refractivity contribution in [3.63, 3.8) is 0 Å². The molecule has 1 rings (SSSR count). The largest absolute Gasteiger partial charge is 0.478 e. The molecule has 90 valence electrons. The number of nitrogens with zero attached hydrogens (tertiary/aromatic N) is 1. The van der Waals surface area contributed by atoms with E-state index in [0.717, 1.165) is 24.5 Å². The van der Waals surface area contributed by atoms with Crippen LogP contribution in [0, 0.1) is 5.41 Å². The van der Waals surface area contributed by atoms with E-state index in [0.29, 0.717) is 12.0 Å². The first-order chi connectivity index (χ1) is 7.53. The normalized spacial score (nSPS) is 11.5. The summed E-state index contributed by atoms with van der Waals surface area (Å²) < 4.78 is 5.47. The monoisotopic (exact) mass is 222 g/mol. The Labute approximate surface area is 98.2 Å². The summed E-state index contributed by atoms with van der Waals surface area (Å²) >= 11 is 0. The fourth-order valence-electron chi connectivity index (χ4n) is 1.40. The maximum atomic E-state index is 5.47. The van der Waals surface area contributed by atoms with E-state index in [9.17, 15) is 0 Å². The number of nitrogens with one attached hydrogen (secondary N) is 1. The van der Waals surface area contributed by atoms with Gasteiger partial charge in [-0.3, -0.25) is 0 Å². The van der Waals surface area contributed by atoms with Crippen molar-refractivity contribution in [1.82, 2.24) is 10.3 Å². The third-order valence-corrected chi connectivity index (χ3v) is 2.10. The van der Waals surface area contributed by atoms with E-state index in [4.69, 9.17) is 4.74 Å². The lowest BCUT2D eigenvalue weighted by Gasteiger charge is -2.19. The van der Waals surface area contributed by atoms with E-state index in [2.05, 4.69) is 31.1 Å². The lowest BCUT2D eigenvalue weighted by atomic mass is 9.97. The number of aromatic nitrogens is 1. The Morgan fingerprint density at radius 3 is 2.75 bits per heavy atom. The Hall–Kier alpha value is -1.09. The molecular weight excluding hydrogens is 200 g/mol. The van der Waals surface area contributed by atoms with Crippen molar-refractivity contribution in [2.75, 3.05) is 13.2 Å². The van der Waals surface area contributed by atoms with Crippen molar-refractivity contribution in [2.24, 2.45) is 5.41 Å². The van der Waals surface area contributed by atoms with Crippen molar-refractivity contribution in [1.29, 1.82) is 0 Å². The van der Waals surface area contributed by atoms with Gasteiger partial charge in [-0.15, -0.1) is 0 Å². The molecule has 3 heteroatoms. The van der Waals surface area contributed by atoms with Crippen LogP contribution in [-0.4, -0.2) is 18.1 Å². The third kappa shape index (κ3) is 4.62. The molecule has 0 aliphatic heterocycles. The molecule has 0 saturated heterocycles. The lowest BCUT2D eigenvalue weighted by Crippen LogP contribution is -2.26. The van der Waals surface area contributed by atoms with Gasteiger partial charge in [0, 0.05) is 24.8 Å². The molecule has 0 radical (unpaired) electrons. The highest BCUT2D eigenvalue weighted by Crippen LogP contribution is 2.15. The summed E-state index contributed by atoms with van der Waals surface area (Å²) in [6, 6.07) is 3.99. The molecule has 0 saturated carbocycles. The van der Waals surface area contributed by atoms with Crippen LogP contribution in [0.3, 0.4) is 0 Å². The summed E-state index contributed by atoms with van der Waals surface area (Å²) in [7, 11) is 0. The van der Waals surface area contributed by atoms with Gasteiger partial charge in [0.2, 0.25) is 5.88 Å². The quantitative estimate of drug-likeness (QED) is 0.831. The Morgan fingerprint density at radius 1 is 1.38 bits per heavy atom. The smallest absolute Gasteiger partial charge is 0.217 e. The molecule has 0 atom stereocenters. The first kappa shape index (κ1) is 13.0. The van der Waals surface area contributed by atoms with Crippen LogP contribution in [0.25, 0.3) is 0 Å². The third-order valence-electron chi connectivity index (χ3n) is 2.10. The second-order valence-corrected chi connectivity index (χ2v) is 5.06. The van der Waals surface area contributed by atoms with Crippen LogP contribution in [0.15, 0.2) is 18.3 Å². The van der Waals surface area contributed by atoms with Crippen molar-refractivity contribution in [3.8, 4) is 5.88 Å². The molecule has 0 fully saturated rings. The first-order valence-corrected chi connectivity index (χ1v) is 5.80. The summed E-state index contributed by atoms with van der Waals surface area (Å²) in [5.74, 6) is 0.742. The maximum absolute atomic E-state index is 5.47. The molecule has 0 aromatic carbocycles. The average Bonchev–Trinajstić information content (AvgIpc) is 2.19. The van der Waals surface area contributed by atoms with E-state index < -0.39 is 0 Å². The minimum atomic E-state index is 0.300. The second kappa shape index (κ2) is 5.85. The first-order valence-electron chi connectivity index (χ1n) is 5.80. The van der Waals surface area contributed by atoms with Crippen molar-refractivity contribution in [3.05, 3.63) is 23.9 Å². The highest BCUT2D eigenvalue weighted by molar-refractivity contribution is 5.25. The molecule has 0 unspecified atom stereocenters. The van der Waals surface area contributed by atoms with E-state index in [1.54, 1.807) is 6.20 Å². The fourth-order valence-corrected chi connectivity index (χ4v) is 1.40. The second-order valence-electron chi connectivity index (χ2n) is 5.06. The Bertz CT molecular complexity index is 318. The summed E-state index contributed by atoms with van der Waals surface area (Å²) in [5, 5.41) is 3.42. The van der Waals surface area contributed by atoms with Crippen LogP contribution in [-0.2, 0) is 6.54 Å². The van der Waals surface area contributed by atoms with Gasteiger partial charge >= 0.3 is 0 Å². The summed E-state index contributed by atoms with van der Waals surface area (Å²) in [6.45, 7) is 11.1. The van der Waals surface area contributed by atoms with Crippen molar-refractivity contribution in [2.45, 2.75) is 34.2 Å². The molecule has 1 aromatic heterocycles. The SMILES string of the molecule is CCOc1ncccc1CNCC(C)(C)C. The van der Waals surface area contributed by atoms with Gasteiger partial charge in [-0.25, -0.2) is 4.98 Å². The van der Waals surface area contributed by atoms with E-state index >= 15 is 0 Å². The van der Waals surface area contributed by atoms with Crippen molar-refractivity contribution < 1.29 is 4.74 Å². The predicted molar refractivity (Wildman–Crippen MR) is 66.6 cm³/mol. The van der Waals surface area contributed by atoms with E-state index in [1.807, 2.05) is 19.1 Å². The molecule has 1 aromatic rings. The number of ether oxygens (including phenoxy) is 1. The average molecular weight is 222 g/mol. The molecular formula is C13H22N2O. The molecule has 0 aliphatic rings. The molecule has 0 spiro atoms. The minimum absolute atomic E-state index is 0.300. The van der Waals surface area contributed by atoms with E-state index in [1.165, 1.54) is 0 Å². The van der Waals surface area contributed by atoms with Crippen LogP contribution in [0.5, 0.6) is 5.88 Å². The van der Waals surface area contributed by atoms with Crippen LogP contribution in [0.1, 0.15) is 33.3 Å². The van der Waals surface area contributed by atoms with Crippen LogP contribution >= 0.6 is 0 Å². The van der Waals surface area contributed by atoms with Crippen LogP contribution < -0.4 is 10.1 Å². The molecule has 1 heterocycles. The Kier molecular flexibility index (Phi) is 4.74. The topological polar surface area (TPSA) is 34.1 Å². The van der Waals surface area contributed by atoms with Gasteiger partial charge in [-0.05, 0) is 18.4 Å². The van der Waals surface area contributed by atoms with Crippen LogP contribution in [0.4, 0.5) is 0 Å². The van der Waals surface area contributed by atoms with Crippen molar-refractivity contribution >= 4 is 0 Å². The van der Waals surface area contributed by atoms with Gasteiger partial charge in [-0.1, -0.05) is 26.8 Å². The summed E-state index contributed by atoms with van der Waals surface area (Å²) in [6.07, 6.45) is 1.76. The van der Waals surface area contributed by atoms with Gasteiger partial charge in [0.05, 0.1) is 6.61 Å². The fraction of sp³-hybridized carbons (Fsp3) is 0.615. The maximum Gasteiger partial charge on any atom is 0.217 e. The standard InChI is InChI=1S/C13H22N2O/c1-5-16-12-11(7-6-8-15-12)9-14-10-13(2,3)4/h6-8,14H,5,9-10H2,1-4H3. The van der Waals surface area contributed by atoms with Crippen LogP contribution in [0.2, 0.25) is 0 Å².